The minimum absolute atomic E-state index is 0.0577. The lowest BCUT2D eigenvalue weighted by atomic mass is 9.79. The molecule has 26 heavy (non-hydrogen) atoms. The van der Waals surface area contributed by atoms with Crippen LogP contribution < -0.4 is 10.1 Å². The molecule has 2 aliphatic rings. The zero-order valence-electron chi connectivity index (χ0n) is 15.6. The highest BCUT2D eigenvalue weighted by atomic mass is 16.5. The molecule has 0 atom stereocenters. The molecule has 1 aromatic heterocycles. The summed E-state index contributed by atoms with van der Waals surface area (Å²) in [5.41, 5.74) is 3.81. The second-order valence-electron chi connectivity index (χ2n) is 7.27. The molecule has 2 aliphatic heterocycles. The van der Waals surface area contributed by atoms with Crippen LogP contribution in [-0.2, 0) is 21.5 Å². The molecular formula is C20H27N3O3. The van der Waals surface area contributed by atoms with Crippen LogP contribution in [0.15, 0.2) is 18.2 Å². The molecule has 0 bridgehead atoms. The van der Waals surface area contributed by atoms with Gasteiger partial charge in [0, 0.05) is 43.3 Å². The summed E-state index contributed by atoms with van der Waals surface area (Å²) in [7, 11) is 3.34. The van der Waals surface area contributed by atoms with Gasteiger partial charge in [0.15, 0.2) is 0 Å². The molecule has 1 spiro atoms. The summed E-state index contributed by atoms with van der Waals surface area (Å²) in [6.07, 6.45) is 3.35. The van der Waals surface area contributed by atoms with Gasteiger partial charge in [0.05, 0.1) is 25.7 Å². The lowest BCUT2D eigenvalue weighted by molar-refractivity contribution is -0.134. The number of piperidine rings is 1. The largest absolute Gasteiger partial charge is 0.497 e. The van der Waals surface area contributed by atoms with Crippen LogP contribution in [0.3, 0.4) is 0 Å². The summed E-state index contributed by atoms with van der Waals surface area (Å²) >= 11 is 0. The van der Waals surface area contributed by atoms with E-state index < -0.39 is 0 Å². The number of nitrogens with one attached hydrogen (secondary N) is 2. The zero-order valence-corrected chi connectivity index (χ0v) is 15.6. The van der Waals surface area contributed by atoms with Crippen LogP contribution in [0.1, 0.15) is 30.5 Å². The molecule has 0 aliphatic carbocycles. The third-order valence-electron chi connectivity index (χ3n) is 5.92. The summed E-state index contributed by atoms with van der Waals surface area (Å²) < 4.78 is 10.4. The fourth-order valence-electron chi connectivity index (χ4n) is 4.45. The zero-order chi connectivity index (χ0) is 18.1. The Kier molecular flexibility index (Phi) is 4.63. The molecule has 1 aromatic carbocycles. The maximum Gasteiger partial charge on any atom is 0.224 e. The van der Waals surface area contributed by atoms with Gasteiger partial charge in [-0.2, -0.15) is 0 Å². The maximum absolute atomic E-state index is 12.3. The lowest BCUT2D eigenvalue weighted by Gasteiger charge is -2.44. The molecule has 1 saturated heterocycles. The Hall–Kier alpha value is -2.05. The van der Waals surface area contributed by atoms with Crippen LogP contribution in [0.2, 0.25) is 0 Å². The quantitative estimate of drug-likeness (QED) is 0.880. The number of aromatic amines is 1. The Morgan fingerprint density at radius 2 is 2.08 bits per heavy atom. The molecule has 6 heteroatoms. The van der Waals surface area contributed by atoms with E-state index in [1.165, 1.54) is 16.6 Å². The number of amides is 1. The number of carbonyl (C=O) groups excluding carboxylic acids is 1. The van der Waals surface area contributed by atoms with E-state index in [0.717, 1.165) is 50.2 Å². The molecule has 1 fully saturated rings. The van der Waals surface area contributed by atoms with E-state index in [0.29, 0.717) is 13.0 Å². The first-order chi connectivity index (χ1) is 12.7. The van der Waals surface area contributed by atoms with Crippen molar-refractivity contribution >= 4 is 16.8 Å². The molecule has 0 saturated carbocycles. The molecule has 140 valence electrons. The van der Waals surface area contributed by atoms with Crippen LogP contribution in [0.5, 0.6) is 5.75 Å². The second-order valence-corrected chi connectivity index (χ2v) is 7.27. The number of rotatable bonds is 4. The van der Waals surface area contributed by atoms with Gasteiger partial charge in [-0.15, -0.1) is 0 Å². The third kappa shape index (κ3) is 2.87. The van der Waals surface area contributed by atoms with Crippen molar-refractivity contribution in [2.75, 3.05) is 40.5 Å². The van der Waals surface area contributed by atoms with Gasteiger partial charge in [0.25, 0.3) is 0 Å². The average Bonchev–Trinajstić information content (AvgIpc) is 3.06. The summed E-state index contributed by atoms with van der Waals surface area (Å²) in [6, 6.07) is 6.23. The first kappa shape index (κ1) is 17.4. The minimum Gasteiger partial charge on any atom is -0.497 e. The van der Waals surface area contributed by atoms with Crippen molar-refractivity contribution in [1.29, 1.82) is 0 Å². The third-order valence-corrected chi connectivity index (χ3v) is 5.92. The normalized spacial score (nSPS) is 18.9. The van der Waals surface area contributed by atoms with E-state index in [2.05, 4.69) is 22.4 Å². The molecule has 0 radical (unpaired) electrons. The number of carbonyl (C=O) groups is 1. The van der Waals surface area contributed by atoms with E-state index in [-0.39, 0.29) is 11.4 Å². The predicted molar refractivity (Wildman–Crippen MR) is 101 cm³/mol. The molecule has 3 heterocycles. The number of ether oxygens (including phenoxy) is 2. The molecule has 1 amide bonds. The Labute approximate surface area is 153 Å². The van der Waals surface area contributed by atoms with Gasteiger partial charge >= 0.3 is 0 Å². The van der Waals surface area contributed by atoms with Crippen LogP contribution in [0.4, 0.5) is 0 Å². The van der Waals surface area contributed by atoms with Crippen LogP contribution in [0.25, 0.3) is 10.9 Å². The highest BCUT2D eigenvalue weighted by Crippen LogP contribution is 2.40. The van der Waals surface area contributed by atoms with Gasteiger partial charge in [0.2, 0.25) is 5.91 Å². The van der Waals surface area contributed by atoms with Crippen molar-refractivity contribution in [2.24, 2.45) is 0 Å². The molecular weight excluding hydrogens is 330 g/mol. The number of fused-ring (bicyclic) bond motifs is 4. The van der Waals surface area contributed by atoms with Crippen LogP contribution in [-0.4, -0.2) is 56.3 Å². The molecule has 6 nitrogen and oxygen atoms in total. The minimum atomic E-state index is -0.0577. The van der Waals surface area contributed by atoms with E-state index in [9.17, 15) is 4.79 Å². The van der Waals surface area contributed by atoms with Gasteiger partial charge in [-0.3, -0.25) is 4.79 Å². The first-order valence-electron chi connectivity index (χ1n) is 9.38. The molecule has 4 rings (SSSR count). The standard InChI is InChI=1S/C20H27N3O3/c1-25-12-6-18(24)23-10-7-20(8-11-23)19-15(5-9-21-20)16-13-14(26-2)3-4-17(16)22-19/h3-4,13,21-22H,5-12H2,1-2H3. The number of likely N-dealkylation sites (tertiary alicyclic amines) is 1. The molecule has 0 unspecified atom stereocenters. The number of hydrogen-bond acceptors (Lipinski definition) is 4. The first-order valence-corrected chi connectivity index (χ1v) is 9.38. The Morgan fingerprint density at radius 1 is 1.27 bits per heavy atom. The summed E-state index contributed by atoms with van der Waals surface area (Å²) in [5, 5.41) is 5.02. The summed E-state index contributed by atoms with van der Waals surface area (Å²) in [4.78, 5) is 17.9. The van der Waals surface area contributed by atoms with Crippen molar-refractivity contribution in [3.8, 4) is 5.75 Å². The van der Waals surface area contributed by atoms with Crippen molar-refractivity contribution in [3.63, 3.8) is 0 Å². The Morgan fingerprint density at radius 3 is 2.81 bits per heavy atom. The maximum atomic E-state index is 12.3. The van der Waals surface area contributed by atoms with E-state index in [1.807, 2.05) is 11.0 Å². The highest BCUT2D eigenvalue weighted by molar-refractivity contribution is 5.87. The highest BCUT2D eigenvalue weighted by Gasteiger charge is 2.41. The van der Waals surface area contributed by atoms with Gasteiger partial charge in [-0.1, -0.05) is 0 Å². The predicted octanol–water partition coefficient (Wildman–Crippen LogP) is 2.18. The SMILES string of the molecule is COCCC(=O)N1CCC2(CC1)NCCc1c2[nH]c2ccc(OC)cc12. The smallest absolute Gasteiger partial charge is 0.224 e. The number of hydrogen-bond donors (Lipinski definition) is 2. The van der Waals surface area contributed by atoms with Gasteiger partial charge in [0.1, 0.15) is 5.75 Å². The fraction of sp³-hybridized carbons (Fsp3) is 0.550. The van der Waals surface area contributed by atoms with E-state index >= 15 is 0 Å². The van der Waals surface area contributed by atoms with E-state index in [1.54, 1.807) is 14.2 Å². The van der Waals surface area contributed by atoms with Crippen molar-refractivity contribution in [2.45, 2.75) is 31.2 Å². The average molecular weight is 357 g/mol. The van der Waals surface area contributed by atoms with Crippen molar-refractivity contribution in [3.05, 3.63) is 29.5 Å². The van der Waals surface area contributed by atoms with Gasteiger partial charge in [-0.05, 0) is 43.0 Å². The topological polar surface area (TPSA) is 66.6 Å². The summed E-state index contributed by atoms with van der Waals surface area (Å²) in [6.45, 7) is 3.03. The number of nitrogens with zero attached hydrogens (tertiary/aromatic N) is 1. The second kappa shape index (κ2) is 6.93. The number of benzene rings is 1. The van der Waals surface area contributed by atoms with Crippen LogP contribution in [0, 0.1) is 0 Å². The van der Waals surface area contributed by atoms with Gasteiger partial charge < -0.3 is 24.7 Å². The number of H-pyrrole nitrogens is 1. The number of methoxy groups -OCH3 is 2. The van der Waals surface area contributed by atoms with E-state index in [4.69, 9.17) is 9.47 Å². The lowest BCUT2D eigenvalue weighted by Crippen LogP contribution is -2.55. The van der Waals surface area contributed by atoms with Crippen LogP contribution >= 0.6 is 0 Å². The summed E-state index contributed by atoms with van der Waals surface area (Å²) in [5.74, 6) is 1.09. The van der Waals surface area contributed by atoms with Gasteiger partial charge in [-0.25, -0.2) is 0 Å². The Bertz CT molecular complexity index is 806. The van der Waals surface area contributed by atoms with Crippen molar-refractivity contribution in [1.82, 2.24) is 15.2 Å². The number of aromatic nitrogens is 1. The Balaban J connectivity index is 1.59. The monoisotopic (exact) mass is 357 g/mol. The molecule has 2 N–H and O–H groups in total. The fourth-order valence-corrected chi connectivity index (χ4v) is 4.45. The molecule has 2 aromatic rings. The van der Waals surface area contributed by atoms with Crippen molar-refractivity contribution < 1.29 is 14.3 Å².